The van der Waals surface area contributed by atoms with Gasteiger partial charge in [0.05, 0.1) is 17.6 Å². The Bertz CT molecular complexity index is 1290. The first kappa shape index (κ1) is 24.7. The summed E-state index contributed by atoms with van der Waals surface area (Å²) in [5.74, 6) is -0.380. The van der Waals surface area contributed by atoms with E-state index in [4.69, 9.17) is 9.47 Å². The number of nitro groups is 1. The lowest BCUT2D eigenvalue weighted by molar-refractivity contribution is -0.384. The van der Waals surface area contributed by atoms with Gasteiger partial charge in [-0.1, -0.05) is 24.3 Å². The van der Waals surface area contributed by atoms with E-state index >= 15 is 0 Å². The average Bonchev–Trinajstić information content (AvgIpc) is 3.40. The van der Waals surface area contributed by atoms with Crippen molar-refractivity contribution in [2.45, 2.75) is 63.4 Å². The molecule has 192 valence electrons. The predicted octanol–water partition coefficient (Wildman–Crippen LogP) is 5.45. The number of ketones is 1. The van der Waals surface area contributed by atoms with Crippen LogP contribution >= 0.6 is 0 Å². The van der Waals surface area contributed by atoms with Crippen LogP contribution in [0.3, 0.4) is 0 Å². The summed E-state index contributed by atoms with van der Waals surface area (Å²) in [4.78, 5) is 38.0. The smallest absolute Gasteiger partial charge is 0.337 e. The molecule has 0 aromatic heterocycles. The van der Waals surface area contributed by atoms with Gasteiger partial charge >= 0.3 is 5.97 Å². The molecule has 3 aliphatic rings. The molecule has 1 heterocycles. The van der Waals surface area contributed by atoms with E-state index < -0.39 is 16.8 Å². The number of benzene rings is 2. The first-order valence-electron chi connectivity index (χ1n) is 12.7. The second-order valence-corrected chi connectivity index (χ2v) is 9.95. The highest BCUT2D eigenvalue weighted by Gasteiger charge is 2.42. The van der Waals surface area contributed by atoms with E-state index in [1.54, 1.807) is 19.2 Å². The number of nitrogens with zero attached hydrogens (tertiary/aromatic N) is 1. The highest BCUT2D eigenvalue weighted by molar-refractivity contribution is 6.04. The molecular weight excluding hydrogens is 472 g/mol. The number of carbonyl (C=O) groups excluding carboxylic acids is 2. The maximum Gasteiger partial charge on any atom is 0.337 e. The Morgan fingerprint density at radius 1 is 1.00 bits per heavy atom. The fourth-order valence-corrected chi connectivity index (χ4v) is 5.76. The maximum atomic E-state index is 13.7. The summed E-state index contributed by atoms with van der Waals surface area (Å²) in [6.45, 7) is 1.83. The number of rotatable bonds is 6. The van der Waals surface area contributed by atoms with Crippen molar-refractivity contribution in [3.05, 3.63) is 92.3 Å². The van der Waals surface area contributed by atoms with Gasteiger partial charge in [0.2, 0.25) is 0 Å². The van der Waals surface area contributed by atoms with Crippen LogP contribution in [0.2, 0.25) is 0 Å². The summed E-state index contributed by atoms with van der Waals surface area (Å²) < 4.78 is 11.1. The van der Waals surface area contributed by atoms with Gasteiger partial charge in [0.25, 0.3) is 5.69 Å². The van der Waals surface area contributed by atoms with Gasteiger partial charge in [0.1, 0.15) is 11.9 Å². The molecule has 2 aromatic carbocycles. The second kappa shape index (κ2) is 10.2. The molecule has 8 nitrogen and oxygen atoms in total. The Balaban J connectivity index is 1.53. The fraction of sp³-hybridized carbons (Fsp3) is 0.379. The van der Waals surface area contributed by atoms with Crippen molar-refractivity contribution in [3.63, 3.8) is 0 Å². The van der Waals surface area contributed by atoms with Crippen molar-refractivity contribution in [2.24, 2.45) is 0 Å². The lowest BCUT2D eigenvalue weighted by Gasteiger charge is -2.37. The van der Waals surface area contributed by atoms with E-state index in [9.17, 15) is 19.7 Å². The lowest BCUT2D eigenvalue weighted by atomic mass is 9.71. The number of esters is 1. The Morgan fingerprint density at radius 3 is 2.27 bits per heavy atom. The van der Waals surface area contributed by atoms with E-state index in [0.29, 0.717) is 35.2 Å². The summed E-state index contributed by atoms with van der Waals surface area (Å²) in [5.41, 5.74) is 4.04. The molecule has 1 aliphatic heterocycles. The Hall–Kier alpha value is -3.94. The number of non-ortho nitro benzene ring substituents is 1. The first-order chi connectivity index (χ1) is 17.9. The Kier molecular flexibility index (Phi) is 6.82. The zero-order valence-corrected chi connectivity index (χ0v) is 21.0. The molecule has 0 saturated heterocycles. The number of nitro benzene ring substituents is 1. The van der Waals surface area contributed by atoms with Crippen LogP contribution < -0.4 is 10.1 Å². The topological polar surface area (TPSA) is 108 Å². The van der Waals surface area contributed by atoms with Crippen LogP contribution in [-0.4, -0.2) is 29.9 Å². The van der Waals surface area contributed by atoms with Gasteiger partial charge in [-0.2, -0.15) is 0 Å². The summed E-state index contributed by atoms with van der Waals surface area (Å²) in [7, 11) is 1.62. The number of ether oxygens (including phenoxy) is 2. The standard InChI is InChI=1S/C29H30N2O6/c1-17-26(29(33)37-23-5-3-4-6-23)27(19-7-11-21(12-8-19)31(34)35)28-24(30-17)15-20(16-25(28)32)18-9-13-22(36-2)14-10-18/h7-14,20,23,27,30H,3-6,15-16H2,1-2H3/t20-,27-/m1/s1. The van der Waals surface area contributed by atoms with Crippen LogP contribution in [0.4, 0.5) is 5.69 Å². The molecule has 8 heteroatoms. The van der Waals surface area contributed by atoms with Gasteiger partial charge in [-0.3, -0.25) is 14.9 Å². The third kappa shape index (κ3) is 4.88. The van der Waals surface area contributed by atoms with Gasteiger partial charge in [0.15, 0.2) is 5.78 Å². The van der Waals surface area contributed by atoms with Crippen molar-refractivity contribution in [3.8, 4) is 5.75 Å². The molecule has 1 N–H and O–H groups in total. The van der Waals surface area contributed by atoms with Crippen LogP contribution in [-0.2, 0) is 14.3 Å². The van der Waals surface area contributed by atoms with Crippen LogP contribution in [0, 0.1) is 10.1 Å². The number of dihydropyridines is 1. The predicted molar refractivity (Wildman–Crippen MR) is 137 cm³/mol. The van der Waals surface area contributed by atoms with E-state index in [0.717, 1.165) is 42.7 Å². The molecule has 2 aliphatic carbocycles. The molecule has 0 amide bonds. The van der Waals surface area contributed by atoms with Crippen molar-refractivity contribution in [1.29, 1.82) is 0 Å². The number of Topliss-reactive ketones (excluding diaryl/α,β-unsaturated/α-hetero) is 1. The third-order valence-corrected chi connectivity index (χ3v) is 7.65. The van der Waals surface area contributed by atoms with Crippen molar-refractivity contribution in [2.75, 3.05) is 7.11 Å². The monoisotopic (exact) mass is 502 g/mol. The summed E-state index contributed by atoms with van der Waals surface area (Å²) in [5, 5.41) is 14.6. The van der Waals surface area contributed by atoms with E-state index in [1.165, 1.54) is 12.1 Å². The highest BCUT2D eigenvalue weighted by Crippen LogP contribution is 2.46. The fourth-order valence-electron chi connectivity index (χ4n) is 5.76. The number of hydrogen-bond donors (Lipinski definition) is 1. The van der Waals surface area contributed by atoms with E-state index in [2.05, 4.69) is 5.32 Å². The molecule has 2 atom stereocenters. The van der Waals surface area contributed by atoms with Crippen LogP contribution in [0.5, 0.6) is 5.75 Å². The van der Waals surface area contributed by atoms with E-state index in [-0.39, 0.29) is 23.5 Å². The highest BCUT2D eigenvalue weighted by atomic mass is 16.6. The molecule has 37 heavy (non-hydrogen) atoms. The minimum absolute atomic E-state index is 0.0121. The number of allylic oxidation sites excluding steroid dienone is 3. The molecule has 0 unspecified atom stereocenters. The Morgan fingerprint density at radius 2 is 1.65 bits per heavy atom. The maximum absolute atomic E-state index is 13.7. The molecule has 5 rings (SSSR count). The minimum Gasteiger partial charge on any atom is -0.497 e. The zero-order valence-electron chi connectivity index (χ0n) is 21.0. The molecule has 1 saturated carbocycles. The van der Waals surface area contributed by atoms with E-state index in [1.807, 2.05) is 31.2 Å². The summed E-state index contributed by atoms with van der Waals surface area (Å²) in [6, 6.07) is 13.8. The summed E-state index contributed by atoms with van der Waals surface area (Å²) in [6.07, 6.45) is 4.52. The number of hydrogen-bond acceptors (Lipinski definition) is 7. The molecule has 0 bridgehead atoms. The van der Waals surface area contributed by atoms with Crippen molar-refractivity contribution < 1.29 is 24.0 Å². The van der Waals surface area contributed by atoms with Crippen LogP contribution in [0.15, 0.2) is 71.1 Å². The van der Waals surface area contributed by atoms with Crippen molar-refractivity contribution in [1.82, 2.24) is 5.32 Å². The molecule has 0 radical (unpaired) electrons. The second-order valence-electron chi connectivity index (χ2n) is 9.95. The first-order valence-corrected chi connectivity index (χ1v) is 12.7. The molecular formula is C29H30N2O6. The SMILES string of the molecule is COc1ccc([C@H]2CC(=O)C3=C(C2)NC(C)=C(C(=O)OC2CCCC2)[C@H]3c2ccc([N+](=O)[O-])cc2)cc1. The quantitative estimate of drug-likeness (QED) is 0.318. The number of methoxy groups -OCH3 is 1. The van der Waals surface area contributed by atoms with Gasteiger partial charge in [-0.25, -0.2) is 4.79 Å². The van der Waals surface area contributed by atoms with Crippen molar-refractivity contribution >= 4 is 17.4 Å². The largest absolute Gasteiger partial charge is 0.497 e. The lowest BCUT2D eigenvalue weighted by Crippen LogP contribution is -2.36. The van der Waals surface area contributed by atoms with Crippen LogP contribution in [0.25, 0.3) is 0 Å². The average molecular weight is 503 g/mol. The van der Waals surface area contributed by atoms with Crippen LogP contribution in [0.1, 0.15) is 68.4 Å². The van der Waals surface area contributed by atoms with Gasteiger partial charge in [-0.05, 0) is 68.2 Å². The Labute approximate surface area is 215 Å². The summed E-state index contributed by atoms with van der Waals surface area (Å²) >= 11 is 0. The van der Waals surface area contributed by atoms with Gasteiger partial charge in [0, 0.05) is 41.4 Å². The normalized spacial score (nSPS) is 21.9. The minimum atomic E-state index is -0.643. The molecule has 0 spiro atoms. The van der Waals surface area contributed by atoms with Gasteiger partial charge in [-0.15, -0.1) is 0 Å². The molecule has 1 fully saturated rings. The number of nitrogens with one attached hydrogen (secondary N) is 1. The zero-order chi connectivity index (χ0) is 26.1. The number of carbonyl (C=O) groups is 2. The third-order valence-electron chi connectivity index (χ3n) is 7.65. The van der Waals surface area contributed by atoms with Gasteiger partial charge < -0.3 is 14.8 Å². The molecule has 2 aromatic rings.